The van der Waals surface area contributed by atoms with Crippen LogP contribution in [0.3, 0.4) is 0 Å². The van der Waals surface area contributed by atoms with Gasteiger partial charge in [-0.15, -0.1) is 0 Å². The van der Waals surface area contributed by atoms with E-state index in [1.165, 1.54) is 24.1 Å². The Morgan fingerprint density at radius 3 is 2.53 bits per heavy atom. The Morgan fingerprint density at radius 1 is 1.18 bits per heavy atom. The van der Waals surface area contributed by atoms with Gasteiger partial charge in [-0.05, 0) is 24.0 Å². The molecule has 0 heterocycles. The molecule has 0 aliphatic heterocycles. The van der Waals surface area contributed by atoms with Crippen molar-refractivity contribution in [3.63, 3.8) is 0 Å². The number of benzene rings is 1. The lowest BCUT2D eigenvalue weighted by Crippen LogP contribution is -2.14. The highest BCUT2D eigenvalue weighted by Gasteiger charge is 2.05. The van der Waals surface area contributed by atoms with Crippen molar-refractivity contribution in [3.8, 4) is 0 Å². The Balaban J connectivity index is 2.56. The normalized spacial score (nSPS) is 10.8. The summed E-state index contributed by atoms with van der Waals surface area (Å²) in [6.07, 6.45) is 3.45. The molecule has 0 amide bonds. The molecule has 1 aromatic carbocycles. The van der Waals surface area contributed by atoms with Gasteiger partial charge in [-0.1, -0.05) is 44.9 Å². The van der Waals surface area contributed by atoms with Gasteiger partial charge >= 0.3 is 0 Å². The quantitative estimate of drug-likeness (QED) is 0.741. The zero-order chi connectivity index (χ0) is 12.5. The van der Waals surface area contributed by atoms with E-state index in [2.05, 4.69) is 43.4 Å². The number of para-hydroxylation sites is 1. The number of nitrogens with one attached hydrogen (secondary N) is 1. The fraction of sp³-hybridized carbons (Fsp3) is 0.600. The minimum atomic E-state index is 0.769. The van der Waals surface area contributed by atoms with E-state index in [1.54, 1.807) is 7.11 Å². The van der Waals surface area contributed by atoms with Gasteiger partial charge in [0.25, 0.3) is 0 Å². The first-order valence-corrected chi connectivity index (χ1v) is 6.62. The smallest absolute Gasteiger partial charge is 0.0503 e. The maximum Gasteiger partial charge on any atom is 0.0503 e. The van der Waals surface area contributed by atoms with Crippen molar-refractivity contribution < 1.29 is 4.74 Å². The molecule has 0 saturated heterocycles. The highest BCUT2D eigenvalue weighted by atomic mass is 16.5. The Kier molecular flexibility index (Phi) is 6.71. The standard InChI is InChI=1S/C15H25NO/c1-4-13(5-2)12-16-15-9-7-6-8-14(15)10-11-17-3/h6-9,13,16H,4-5,10-12H2,1-3H3. The molecule has 0 atom stereocenters. The minimum absolute atomic E-state index is 0.769. The lowest BCUT2D eigenvalue weighted by atomic mass is 10.0. The molecule has 2 heteroatoms. The van der Waals surface area contributed by atoms with Crippen molar-refractivity contribution in [2.24, 2.45) is 5.92 Å². The van der Waals surface area contributed by atoms with Crippen LogP contribution in [0.5, 0.6) is 0 Å². The van der Waals surface area contributed by atoms with Crippen LogP contribution in [0.4, 0.5) is 5.69 Å². The topological polar surface area (TPSA) is 21.3 Å². The third-order valence-electron chi connectivity index (χ3n) is 3.33. The minimum Gasteiger partial charge on any atom is -0.385 e. The van der Waals surface area contributed by atoms with Crippen LogP contribution in [0, 0.1) is 5.92 Å². The number of rotatable bonds is 8. The highest BCUT2D eigenvalue weighted by Crippen LogP contribution is 2.17. The molecular weight excluding hydrogens is 210 g/mol. The van der Waals surface area contributed by atoms with E-state index in [-0.39, 0.29) is 0 Å². The molecule has 0 saturated carbocycles. The van der Waals surface area contributed by atoms with Crippen molar-refractivity contribution in [1.82, 2.24) is 0 Å². The number of methoxy groups -OCH3 is 1. The Bertz CT molecular complexity index is 308. The first-order valence-electron chi connectivity index (χ1n) is 6.62. The maximum atomic E-state index is 5.14. The van der Waals surface area contributed by atoms with Crippen LogP contribution in [-0.2, 0) is 11.2 Å². The molecule has 0 aliphatic carbocycles. The van der Waals surface area contributed by atoms with E-state index in [0.717, 1.165) is 25.5 Å². The van der Waals surface area contributed by atoms with Gasteiger partial charge in [-0.25, -0.2) is 0 Å². The first-order chi connectivity index (χ1) is 8.31. The van der Waals surface area contributed by atoms with Crippen molar-refractivity contribution in [2.45, 2.75) is 33.1 Å². The molecule has 1 rings (SSSR count). The molecule has 0 fully saturated rings. The molecule has 0 unspecified atom stereocenters. The summed E-state index contributed by atoms with van der Waals surface area (Å²) in [4.78, 5) is 0. The summed E-state index contributed by atoms with van der Waals surface area (Å²) in [5.74, 6) is 0.769. The van der Waals surface area contributed by atoms with Crippen molar-refractivity contribution in [2.75, 3.05) is 25.6 Å². The number of hydrogen-bond donors (Lipinski definition) is 1. The summed E-state index contributed by atoms with van der Waals surface area (Å²) in [6, 6.07) is 8.51. The molecule has 0 spiro atoms. The molecule has 0 radical (unpaired) electrons. The molecule has 2 nitrogen and oxygen atoms in total. The molecule has 1 aromatic rings. The second kappa shape index (κ2) is 8.13. The van der Waals surface area contributed by atoms with Crippen LogP contribution < -0.4 is 5.32 Å². The van der Waals surface area contributed by atoms with Crippen molar-refractivity contribution in [1.29, 1.82) is 0 Å². The Labute approximate surface area is 105 Å². The van der Waals surface area contributed by atoms with E-state index < -0.39 is 0 Å². The van der Waals surface area contributed by atoms with Gasteiger partial charge in [0.05, 0.1) is 6.61 Å². The molecule has 0 aromatic heterocycles. The van der Waals surface area contributed by atoms with Gasteiger partial charge in [-0.2, -0.15) is 0 Å². The molecule has 17 heavy (non-hydrogen) atoms. The van der Waals surface area contributed by atoms with Crippen LogP contribution in [0.15, 0.2) is 24.3 Å². The Morgan fingerprint density at radius 2 is 1.88 bits per heavy atom. The maximum absolute atomic E-state index is 5.14. The summed E-state index contributed by atoms with van der Waals surface area (Å²) in [6.45, 7) is 6.36. The van der Waals surface area contributed by atoms with Gasteiger partial charge in [0.1, 0.15) is 0 Å². The van der Waals surface area contributed by atoms with Gasteiger partial charge in [0, 0.05) is 19.3 Å². The van der Waals surface area contributed by atoms with Crippen molar-refractivity contribution >= 4 is 5.69 Å². The van der Waals surface area contributed by atoms with E-state index in [0.29, 0.717) is 0 Å². The molecule has 1 N–H and O–H groups in total. The third-order valence-corrected chi connectivity index (χ3v) is 3.33. The average Bonchev–Trinajstić information content (AvgIpc) is 2.38. The van der Waals surface area contributed by atoms with Gasteiger partial charge in [0.2, 0.25) is 0 Å². The zero-order valence-corrected chi connectivity index (χ0v) is 11.3. The van der Waals surface area contributed by atoms with E-state index in [4.69, 9.17) is 4.74 Å². The second-order valence-electron chi connectivity index (χ2n) is 4.46. The van der Waals surface area contributed by atoms with E-state index in [9.17, 15) is 0 Å². The first kappa shape index (κ1) is 14.0. The highest BCUT2D eigenvalue weighted by molar-refractivity contribution is 5.51. The number of ether oxygens (including phenoxy) is 1. The van der Waals surface area contributed by atoms with Crippen LogP contribution in [0.2, 0.25) is 0 Å². The summed E-state index contributed by atoms with van der Waals surface area (Å²) in [5, 5.41) is 3.57. The van der Waals surface area contributed by atoms with Gasteiger partial charge in [-0.3, -0.25) is 0 Å². The monoisotopic (exact) mass is 235 g/mol. The fourth-order valence-corrected chi connectivity index (χ4v) is 1.95. The summed E-state index contributed by atoms with van der Waals surface area (Å²) < 4.78 is 5.14. The van der Waals surface area contributed by atoms with Crippen LogP contribution >= 0.6 is 0 Å². The van der Waals surface area contributed by atoms with E-state index >= 15 is 0 Å². The molecule has 0 aliphatic rings. The largest absolute Gasteiger partial charge is 0.385 e. The Hall–Kier alpha value is -1.02. The SMILES string of the molecule is CCC(CC)CNc1ccccc1CCOC. The van der Waals surface area contributed by atoms with E-state index in [1.807, 2.05) is 0 Å². The lowest BCUT2D eigenvalue weighted by Gasteiger charge is -2.16. The summed E-state index contributed by atoms with van der Waals surface area (Å²) in [5.41, 5.74) is 2.61. The number of hydrogen-bond acceptors (Lipinski definition) is 2. The summed E-state index contributed by atoms with van der Waals surface area (Å²) >= 11 is 0. The van der Waals surface area contributed by atoms with Crippen LogP contribution in [-0.4, -0.2) is 20.3 Å². The predicted octanol–water partition coefficient (Wildman–Crippen LogP) is 3.72. The average molecular weight is 235 g/mol. The molecule has 96 valence electrons. The fourth-order valence-electron chi connectivity index (χ4n) is 1.95. The lowest BCUT2D eigenvalue weighted by molar-refractivity contribution is 0.202. The zero-order valence-electron chi connectivity index (χ0n) is 11.3. The van der Waals surface area contributed by atoms with Crippen molar-refractivity contribution in [3.05, 3.63) is 29.8 Å². The third kappa shape index (κ3) is 4.78. The molecular formula is C15H25NO. The second-order valence-corrected chi connectivity index (χ2v) is 4.46. The summed E-state index contributed by atoms with van der Waals surface area (Å²) in [7, 11) is 1.75. The van der Waals surface area contributed by atoms with Crippen LogP contribution in [0.1, 0.15) is 32.3 Å². The van der Waals surface area contributed by atoms with Gasteiger partial charge in [0.15, 0.2) is 0 Å². The molecule has 0 bridgehead atoms. The number of anilines is 1. The predicted molar refractivity (Wildman–Crippen MR) is 74.6 cm³/mol. The van der Waals surface area contributed by atoms with Crippen LogP contribution in [0.25, 0.3) is 0 Å². The van der Waals surface area contributed by atoms with Gasteiger partial charge < -0.3 is 10.1 Å².